The van der Waals surface area contributed by atoms with Gasteiger partial charge in [-0.25, -0.2) is 0 Å². The van der Waals surface area contributed by atoms with Crippen molar-refractivity contribution in [2.45, 2.75) is 32.4 Å². The number of nitriles is 1. The molecule has 0 aliphatic carbocycles. The first-order valence-electron chi connectivity index (χ1n) is 10.2. The molecule has 0 fully saturated rings. The number of nitrogens with one attached hydrogen (secondary N) is 1. The highest BCUT2D eigenvalue weighted by molar-refractivity contribution is 5.95. The van der Waals surface area contributed by atoms with E-state index in [1.807, 2.05) is 71.5 Å². The van der Waals surface area contributed by atoms with E-state index in [1.54, 1.807) is 11.1 Å². The maximum atomic E-state index is 12.7. The van der Waals surface area contributed by atoms with Gasteiger partial charge in [-0.05, 0) is 29.3 Å². The highest BCUT2D eigenvalue weighted by Gasteiger charge is 2.16. The van der Waals surface area contributed by atoms with Crippen molar-refractivity contribution >= 4 is 17.5 Å². The van der Waals surface area contributed by atoms with Crippen LogP contribution in [0.3, 0.4) is 0 Å². The standard InChI is InChI=1S/C24H25N5O2/c25-14-6-17-29(22-10-2-1-3-11-22)24(31)13-12-23(30)26-18-20-8-4-5-9-21(20)19-28-16-7-15-27-28/h1-5,7-11,15-16H,6,12-13,17-19H2,(H,26,30). The lowest BCUT2D eigenvalue weighted by Gasteiger charge is -2.21. The lowest BCUT2D eigenvalue weighted by atomic mass is 10.1. The molecule has 7 heteroatoms. The summed E-state index contributed by atoms with van der Waals surface area (Å²) < 4.78 is 1.83. The summed E-state index contributed by atoms with van der Waals surface area (Å²) in [4.78, 5) is 26.6. The molecule has 3 aromatic rings. The molecule has 0 radical (unpaired) electrons. The molecule has 0 aliphatic heterocycles. The Morgan fingerprint density at radius 2 is 1.74 bits per heavy atom. The molecule has 1 heterocycles. The zero-order valence-corrected chi connectivity index (χ0v) is 17.3. The zero-order valence-electron chi connectivity index (χ0n) is 17.3. The van der Waals surface area contributed by atoms with Gasteiger partial charge in [0.2, 0.25) is 11.8 Å². The van der Waals surface area contributed by atoms with E-state index < -0.39 is 0 Å². The van der Waals surface area contributed by atoms with Gasteiger partial charge in [0.15, 0.2) is 0 Å². The van der Waals surface area contributed by atoms with E-state index in [0.29, 0.717) is 19.6 Å². The second kappa shape index (κ2) is 11.3. The number of carbonyl (C=O) groups is 2. The third-order valence-corrected chi connectivity index (χ3v) is 4.87. The fourth-order valence-electron chi connectivity index (χ4n) is 3.26. The summed E-state index contributed by atoms with van der Waals surface area (Å²) in [6, 6.07) is 21.0. The number of hydrogen-bond donors (Lipinski definition) is 1. The van der Waals surface area contributed by atoms with Gasteiger partial charge in [-0.15, -0.1) is 0 Å². The van der Waals surface area contributed by atoms with Crippen LogP contribution in [0.15, 0.2) is 73.1 Å². The number of para-hydroxylation sites is 1. The van der Waals surface area contributed by atoms with Crippen LogP contribution in [0, 0.1) is 11.3 Å². The molecule has 7 nitrogen and oxygen atoms in total. The Hall–Kier alpha value is -3.92. The molecular weight excluding hydrogens is 390 g/mol. The van der Waals surface area contributed by atoms with Gasteiger partial charge in [0.05, 0.1) is 19.0 Å². The van der Waals surface area contributed by atoms with Crippen molar-refractivity contribution in [2.24, 2.45) is 0 Å². The van der Waals surface area contributed by atoms with Crippen LogP contribution < -0.4 is 10.2 Å². The molecule has 0 bridgehead atoms. The summed E-state index contributed by atoms with van der Waals surface area (Å²) in [6.45, 7) is 1.32. The van der Waals surface area contributed by atoms with Crippen molar-refractivity contribution in [3.63, 3.8) is 0 Å². The summed E-state index contributed by atoms with van der Waals surface area (Å²) in [7, 11) is 0. The molecule has 2 amide bonds. The minimum Gasteiger partial charge on any atom is -0.352 e. The predicted molar refractivity (Wildman–Crippen MR) is 118 cm³/mol. The molecule has 0 saturated carbocycles. The van der Waals surface area contributed by atoms with E-state index in [-0.39, 0.29) is 31.1 Å². The first-order chi connectivity index (χ1) is 15.2. The number of anilines is 1. The van der Waals surface area contributed by atoms with Gasteiger partial charge in [-0.3, -0.25) is 14.3 Å². The van der Waals surface area contributed by atoms with Gasteiger partial charge in [0.25, 0.3) is 0 Å². The first kappa shape index (κ1) is 21.8. The lowest BCUT2D eigenvalue weighted by Crippen LogP contribution is -2.33. The van der Waals surface area contributed by atoms with Crippen molar-refractivity contribution in [2.75, 3.05) is 11.4 Å². The third-order valence-electron chi connectivity index (χ3n) is 4.87. The Bertz CT molecular complexity index is 1030. The molecule has 0 unspecified atom stereocenters. The van der Waals surface area contributed by atoms with Crippen LogP contribution in [-0.4, -0.2) is 28.1 Å². The van der Waals surface area contributed by atoms with Crippen LogP contribution in [0.2, 0.25) is 0 Å². The van der Waals surface area contributed by atoms with Gasteiger partial charge in [0, 0.05) is 44.0 Å². The van der Waals surface area contributed by atoms with E-state index in [0.717, 1.165) is 16.8 Å². The van der Waals surface area contributed by atoms with Gasteiger partial charge < -0.3 is 10.2 Å². The lowest BCUT2D eigenvalue weighted by molar-refractivity contribution is -0.125. The van der Waals surface area contributed by atoms with Crippen molar-refractivity contribution in [3.05, 3.63) is 84.2 Å². The molecule has 2 aromatic carbocycles. The third kappa shape index (κ3) is 6.54. The highest BCUT2D eigenvalue weighted by Crippen LogP contribution is 2.16. The quantitative estimate of drug-likeness (QED) is 0.550. The molecule has 0 saturated heterocycles. The second-order valence-corrected chi connectivity index (χ2v) is 7.04. The Morgan fingerprint density at radius 1 is 1.00 bits per heavy atom. The Balaban J connectivity index is 1.53. The van der Waals surface area contributed by atoms with Crippen molar-refractivity contribution in [1.29, 1.82) is 5.26 Å². The smallest absolute Gasteiger partial charge is 0.227 e. The van der Waals surface area contributed by atoms with Gasteiger partial charge in [-0.2, -0.15) is 10.4 Å². The molecule has 1 aromatic heterocycles. The zero-order chi connectivity index (χ0) is 21.9. The summed E-state index contributed by atoms with van der Waals surface area (Å²) in [5, 5.41) is 16.0. The first-order valence-corrected chi connectivity index (χ1v) is 10.2. The fourth-order valence-corrected chi connectivity index (χ4v) is 3.26. The van der Waals surface area contributed by atoms with Gasteiger partial charge >= 0.3 is 0 Å². The SMILES string of the molecule is N#CCCN(C(=O)CCC(=O)NCc1ccccc1Cn1cccn1)c1ccccc1. The highest BCUT2D eigenvalue weighted by atomic mass is 16.2. The van der Waals surface area contributed by atoms with Crippen LogP contribution in [0.5, 0.6) is 0 Å². The van der Waals surface area contributed by atoms with Crippen LogP contribution in [0.1, 0.15) is 30.4 Å². The van der Waals surface area contributed by atoms with Gasteiger partial charge in [-0.1, -0.05) is 42.5 Å². The van der Waals surface area contributed by atoms with E-state index in [4.69, 9.17) is 5.26 Å². The normalized spacial score (nSPS) is 10.3. The largest absolute Gasteiger partial charge is 0.352 e. The van der Waals surface area contributed by atoms with Crippen LogP contribution in [0.4, 0.5) is 5.69 Å². The molecule has 3 rings (SSSR count). The second-order valence-electron chi connectivity index (χ2n) is 7.04. The summed E-state index contributed by atoms with van der Waals surface area (Å²) in [6.07, 6.45) is 4.04. The number of nitrogens with zero attached hydrogens (tertiary/aromatic N) is 4. The maximum absolute atomic E-state index is 12.7. The summed E-state index contributed by atoms with van der Waals surface area (Å²) >= 11 is 0. The minimum absolute atomic E-state index is 0.0844. The Labute approximate surface area is 181 Å². The molecule has 1 N–H and O–H groups in total. The number of carbonyl (C=O) groups excluding carboxylic acids is 2. The van der Waals surface area contributed by atoms with E-state index in [1.165, 1.54) is 0 Å². The van der Waals surface area contributed by atoms with E-state index >= 15 is 0 Å². The average Bonchev–Trinajstić information content (AvgIpc) is 3.31. The summed E-state index contributed by atoms with van der Waals surface area (Å²) in [5.74, 6) is -0.355. The maximum Gasteiger partial charge on any atom is 0.227 e. The minimum atomic E-state index is -0.185. The van der Waals surface area contributed by atoms with Crippen LogP contribution in [-0.2, 0) is 22.7 Å². The molecular formula is C24H25N5O2. The van der Waals surface area contributed by atoms with Crippen LogP contribution in [0.25, 0.3) is 0 Å². The average molecular weight is 415 g/mol. The Kier molecular flexibility index (Phi) is 7.95. The summed E-state index contributed by atoms with van der Waals surface area (Å²) in [5.41, 5.74) is 2.82. The fraction of sp³-hybridized carbons (Fsp3) is 0.250. The number of benzene rings is 2. The number of aromatic nitrogens is 2. The molecule has 31 heavy (non-hydrogen) atoms. The molecule has 158 valence electrons. The van der Waals surface area contributed by atoms with Crippen molar-refractivity contribution < 1.29 is 9.59 Å². The number of amides is 2. The molecule has 0 atom stereocenters. The predicted octanol–water partition coefficient (Wildman–Crippen LogP) is 3.27. The van der Waals surface area contributed by atoms with Crippen LogP contribution >= 0.6 is 0 Å². The number of rotatable bonds is 10. The van der Waals surface area contributed by atoms with Gasteiger partial charge in [0.1, 0.15) is 0 Å². The van der Waals surface area contributed by atoms with E-state index in [9.17, 15) is 9.59 Å². The van der Waals surface area contributed by atoms with Crippen molar-refractivity contribution in [3.8, 4) is 6.07 Å². The molecule has 0 spiro atoms. The Morgan fingerprint density at radius 3 is 2.45 bits per heavy atom. The van der Waals surface area contributed by atoms with E-state index in [2.05, 4.69) is 16.5 Å². The molecule has 0 aliphatic rings. The topological polar surface area (TPSA) is 91.0 Å². The monoisotopic (exact) mass is 415 g/mol. The van der Waals surface area contributed by atoms with Crippen molar-refractivity contribution in [1.82, 2.24) is 15.1 Å². The number of hydrogen-bond acceptors (Lipinski definition) is 4.